The number of rotatable bonds is 7. The molecule has 1 saturated heterocycles. The molecule has 4 aromatic rings. The van der Waals surface area contributed by atoms with Gasteiger partial charge in [0.1, 0.15) is 11.6 Å². The van der Waals surface area contributed by atoms with Gasteiger partial charge in [0.2, 0.25) is 0 Å². The highest BCUT2D eigenvalue weighted by atomic mass is 35.5. The van der Waals surface area contributed by atoms with Gasteiger partial charge in [0.25, 0.3) is 5.91 Å². The molecular weight excluding hydrogens is 538 g/mol. The van der Waals surface area contributed by atoms with Crippen molar-refractivity contribution in [3.8, 4) is 11.4 Å². The maximum absolute atomic E-state index is 13.9. The first-order valence-corrected chi connectivity index (χ1v) is 14.4. The number of hydrogen-bond donors (Lipinski definition) is 0. The summed E-state index contributed by atoms with van der Waals surface area (Å²) >= 11 is 6.12. The number of hydrogen-bond acceptors (Lipinski definition) is 6. The summed E-state index contributed by atoms with van der Waals surface area (Å²) in [5, 5.41) is 0.678. The van der Waals surface area contributed by atoms with Crippen LogP contribution in [-0.2, 0) is 11.2 Å². The van der Waals surface area contributed by atoms with Gasteiger partial charge in [-0.3, -0.25) is 9.20 Å². The van der Waals surface area contributed by atoms with E-state index in [2.05, 4.69) is 42.0 Å². The van der Waals surface area contributed by atoms with Gasteiger partial charge >= 0.3 is 5.97 Å². The quantitative estimate of drug-likeness (QED) is 0.246. The molecule has 0 radical (unpaired) electrons. The lowest BCUT2D eigenvalue weighted by atomic mass is 9.97. The SMILES string of the molecule is CCOC(=O)c1ccc(N2CCN(C(=O)c3ccn4c(-c5ccc(Cl)cc5)nc(CC(C)C)c4c3)C(C)(C)C2)nc1. The maximum atomic E-state index is 13.9. The smallest absolute Gasteiger partial charge is 0.339 e. The van der Waals surface area contributed by atoms with Crippen molar-refractivity contribution in [2.75, 3.05) is 31.1 Å². The molecule has 1 aliphatic rings. The Morgan fingerprint density at radius 1 is 1.05 bits per heavy atom. The van der Waals surface area contributed by atoms with Gasteiger partial charge in [-0.05, 0) is 81.6 Å². The predicted octanol–water partition coefficient (Wildman–Crippen LogP) is 6.17. The van der Waals surface area contributed by atoms with Crippen molar-refractivity contribution in [1.29, 1.82) is 0 Å². The number of piperazine rings is 1. The van der Waals surface area contributed by atoms with E-state index < -0.39 is 5.54 Å². The number of nitrogens with zero attached hydrogens (tertiary/aromatic N) is 5. The Bertz CT molecular complexity index is 1560. The van der Waals surface area contributed by atoms with Crippen LogP contribution in [0.1, 0.15) is 61.0 Å². The molecule has 1 aliphatic heterocycles. The van der Waals surface area contributed by atoms with Gasteiger partial charge in [0.05, 0.1) is 28.9 Å². The summed E-state index contributed by atoms with van der Waals surface area (Å²) in [6, 6.07) is 15.1. The van der Waals surface area contributed by atoms with E-state index in [0.29, 0.717) is 48.3 Å². The number of benzene rings is 1. The molecule has 0 aliphatic carbocycles. The number of ether oxygens (including phenoxy) is 1. The molecule has 214 valence electrons. The van der Waals surface area contributed by atoms with Crippen molar-refractivity contribution in [1.82, 2.24) is 19.3 Å². The van der Waals surface area contributed by atoms with E-state index in [1.54, 1.807) is 19.2 Å². The Balaban J connectivity index is 1.39. The molecule has 41 heavy (non-hydrogen) atoms. The zero-order valence-electron chi connectivity index (χ0n) is 24.2. The minimum Gasteiger partial charge on any atom is -0.462 e. The molecule has 5 rings (SSSR count). The second-order valence-corrected chi connectivity index (χ2v) is 11.9. The Kier molecular flexibility index (Phi) is 8.04. The summed E-state index contributed by atoms with van der Waals surface area (Å²) in [7, 11) is 0. The van der Waals surface area contributed by atoms with E-state index in [-0.39, 0.29) is 11.9 Å². The van der Waals surface area contributed by atoms with Crippen LogP contribution in [0.25, 0.3) is 16.9 Å². The summed E-state index contributed by atoms with van der Waals surface area (Å²) in [6.07, 6.45) is 4.30. The summed E-state index contributed by atoms with van der Waals surface area (Å²) in [5.74, 6) is 1.63. The number of amides is 1. The lowest BCUT2D eigenvalue weighted by Crippen LogP contribution is -2.61. The second-order valence-electron chi connectivity index (χ2n) is 11.5. The van der Waals surface area contributed by atoms with Gasteiger partial charge in [0, 0.05) is 48.2 Å². The van der Waals surface area contributed by atoms with Gasteiger partial charge in [-0.2, -0.15) is 0 Å². The molecule has 0 N–H and O–H groups in total. The van der Waals surface area contributed by atoms with Gasteiger partial charge in [-0.25, -0.2) is 14.8 Å². The zero-order chi connectivity index (χ0) is 29.3. The van der Waals surface area contributed by atoms with E-state index in [9.17, 15) is 9.59 Å². The maximum Gasteiger partial charge on any atom is 0.339 e. The third-order valence-electron chi connectivity index (χ3n) is 7.40. The standard InChI is InChI=1S/C32H36ClN5O3/c1-6-41-31(40)24-9-12-28(34-19-24)36-15-16-38(32(4,5)20-36)30(39)23-13-14-37-27(18-23)26(17-21(2)3)35-29(37)22-7-10-25(33)11-8-22/h7-14,18-19,21H,6,15-17,20H2,1-5H3. The van der Waals surface area contributed by atoms with Crippen LogP contribution < -0.4 is 4.90 Å². The molecule has 1 aromatic carbocycles. The van der Waals surface area contributed by atoms with E-state index in [0.717, 1.165) is 34.8 Å². The molecule has 9 heteroatoms. The van der Waals surface area contributed by atoms with E-state index in [4.69, 9.17) is 21.3 Å². The molecule has 8 nitrogen and oxygen atoms in total. The molecule has 0 spiro atoms. The number of carbonyl (C=O) groups excluding carboxylic acids is 2. The Morgan fingerprint density at radius 2 is 1.80 bits per heavy atom. The number of carbonyl (C=O) groups is 2. The minimum atomic E-state index is -0.446. The average molecular weight is 574 g/mol. The van der Waals surface area contributed by atoms with Crippen molar-refractivity contribution < 1.29 is 14.3 Å². The van der Waals surface area contributed by atoms with Crippen molar-refractivity contribution in [3.05, 3.63) is 82.8 Å². The minimum absolute atomic E-state index is 0.00694. The number of pyridine rings is 2. The Hall–Kier alpha value is -3.91. The molecule has 1 amide bonds. The number of aromatic nitrogens is 3. The zero-order valence-corrected chi connectivity index (χ0v) is 25.0. The van der Waals surface area contributed by atoms with E-state index in [1.807, 2.05) is 53.6 Å². The number of imidazole rings is 1. The van der Waals surface area contributed by atoms with Gasteiger partial charge in [-0.15, -0.1) is 0 Å². The fourth-order valence-electron chi connectivity index (χ4n) is 5.41. The highest BCUT2D eigenvalue weighted by Crippen LogP contribution is 2.29. The topological polar surface area (TPSA) is 80.0 Å². The normalized spacial score (nSPS) is 15.0. The van der Waals surface area contributed by atoms with Crippen molar-refractivity contribution in [3.63, 3.8) is 0 Å². The van der Waals surface area contributed by atoms with E-state index in [1.165, 1.54) is 0 Å². The Morgan fingerprint density at radius 3 is 2.44 bits per heavy atom. The lowest BCUT2D eigenvalue weighted by Gasteiger charge is -2.47. The second kappa shape index (κ2) is 11.5. The van der Waals surface area contributed by atoms with Crippen LogP contribution in [0.15, 0.2) is 60.9 Å². The first-order valence-electron chi connectivity index (χ1n) is 14.0. The Labute approximate surface area is 245 Å². The summed E-state index contributed by atoms with van der Waals surface area (Å²) in [4.78, 5) is 39.5. The summed E-state index contributed by atoms with van der Waals surface area (Å²) in [5.41, 5.74) is 3.51. The summed E-state index contributed by atoms with van der Waals surface area (Å²) in [6.45, 7) is 12.4. The van der Waals surface area contributed by atoms with Crippen LogP contribution in [0.2, 0.25) is 5.02 Å². The van der Waals surface area contributed by atoms with Crippen LogP contribution in [0.3, 0.4) is 0 Å². The molecule has 4 heterocycles. The fourth-order valence-corrected chi connectivity index (χ4v) is 5.54. The highest BCUT2D eigenvalue weighted by Gasteiger charge is 2.38. The molecule has 0 saturated carbocycles. The van der Waals surface area contributed by atoms with Crippen LogP contribution in [-0.4, -0.2) is 62.9 Å². The number of anilines is 1. The predicted molar refractivity (Wildman–Crippen MR) is 162 cm³/mol. The van der Waals surface area contributed by atoms with Gasteiger partial charge in [0.15, 0.2) is 0 Å². The highest BCUT2D eigenvalue weighted by molar-refractivity contribution is 6.30. The van der Waals surface area contributed by atoms with Gasteiger partial charge < -0.3 is 14.5 Å². The van der Waals surface area contributed by atoms with E-state index >= 15 is 0 Å². The molecule has 0 unspecified atom stereocenters. The fraction of sp³-hybridized carbons (Fsp3) is 0.375. The average Bonchev–Trinajstić information content (AvgIpc) is 3.29. The van der Waals surface area contributed by atoms with Crippen LogP contribution >= 0.6 is 11.6 Å². The first-order chi connectivity index (χ1) is 19.6. The van der Waals surface area contributed by atoms with Crippen LogP contribution in [0.4, 0.5) is 5.82 Å². The molecule has 0 atom stereocenters. The monoisotopic (exact) mass is 573 g/mol. The number of halogens is 1. The molecular formula is C32H36ClN5O3. The third kappa shape index (κ3) is 5.93. The van der Waals surface area contributed by atoms with Crippen molar-refractivity contribution >= 4 is 34.8 Å². The largest absolute Gasteiger partial charge is 0.462 e. The lowest BCUT2D eigenvalue weighted by molar-refractivity contribution is 0.0506. The van der Waals surface area contributed by atoms with Crippen molar-refractivity contribution in [2.24, 2.45) is 5.92 Å². The van der Waals surface area contributed by atoms with Crippen molar-refractivity contribution in [2.45, 2.75) is 46.6 Å². The summed E-state index contributed by atoms with van der Waals surface area (Å²) < 4.78 is 7.12. The molecule has 3 aromatic heterocycles. The third-order valence-corrected chi connectivity index (χ3v) is 7.65. The van der Waals surface area contributed by atoms with Crippen LogP contribution in [0, 0.1) is 5.92 Å². The number of esters is 1. The van der Waals surface area contributed by atoms with Gasteiger partial charge in [-0.1, -0.05) is 25.4 Å². The molecule has 1 fully saturated rings. The number of fused-ring (bicyclic) bond motifs is 1. The van der Waals surface area contributed by atoms with Crippen LogP contribution in [0.5, 0.6) is 0 Å². The first kappa shape index (κ1) is 28.6. The molecule has 0 bridgehead atoms.